The molecule has 0 heteroatoms. The van der Waals surface area contributed by atoms with E-state index in [1.54, 1.807) is 0 Å². The quantitative estimate of drug-likeness (QED) is 0.332. The summed E-state index contributed by atoms with van der Waals surface area (Å²) < 4.78 is 0. The van der Waals surface area contributed by atoms with Gasteiger partial charge in [0.2, 0.25) is 0 Å². The van der Waals surface area contributed by atoms with Crippen LogP contribution in [0.5, 0.6) is 0 Å². The van der Waals surface area contributed by atoms with Crippen LogP contribution in [0.2, 0.25) is 0 Å². The molecule has 0 nitrogen and oxygen atoms in total. The van der Waals surface area contributed by atoms with Gasteiger partial charge in [0.05, 0.1) is 0 Å². The molecule has 29 heavy (non-hydrogen) atoms. The summed E-state index contributed by atoms with van der Waals surface area (Å²) in [7, 11) is 0. The molecule has 0 aliphatic rings. The highest BCUT2D eigenvalue weighted by Crippen LogP contribution is 2.37. The van der Waals surface area contributed by atoms with Crippen molar-refractivity contribution >= 4 is 21.5 Å². The van der Waals surface area contributed by atoms with Crippen molar-refractivity contribution in [1.29, 1.82) is 0 Å². The Labute approximate surface area is 175 Å². The molecule has 0 amide bonds. The molecule has 0 spiro atoms. The van der Waals surface area contributed by atoms with Gasteiger partial charge in [-0.1, -0.05) is 95.3 Å². The predicted molar refractivity (Wildman–Crippen MR) is 129 cm³/mol. The van der Waals surface area contributed by atoms with E-state index in [4.69, 9.17) is 0 Å². The Kier molecular flexibility index (Phi) is 5.21. The lowest BCUT2D eigenvalue weighted by atomic mass is 9.87. The zero-order valence-electron chi connectivity index (χ0n) is 18.6. The van der Waals surface area contributed by atoms with E-state index >= 15 is 0 Å². The average Bonchev–Trinajstić information content (AvgIpc) is 2.72. The molecule has 148 valence electrons. The fourth-order valence-electron chi connectivity index (χ4n) is 4.56. The minimum Gasteiger partial charge on any atom is -0.0612 e. The van der Waals surface area contributed by atoms with Crippen LogP contribution in [0.1, 0.15) is 68.7 Å². The normalized spacial score (nSPS) is 11.9. The van der Waals surface area contributed by atoms with Crippen LogP contribution in [0.3, 0.4) is 0 Å². The SMILES string of the molecule is CCc1c(-c2ccc3cc(C(C)C)ccc3c2C)ccc2cc(C(C)C)ccc12. The van der Waals surface area contributed by atoms with E-state index in [1.165, 1.54) is 54.9 Å². The molecule has 0 heterocycles. The van der Waals surface area contributed by atoms with Crippen molar-refractivity contribution in [2.45, 2.75) is 59.8 Å². The maximum absolute atomic E-state index is 2.36. The topological polar surface area (TPSA) is 0 Å². The molecule has 4 aromatic rings. The first-order chi connectivity index (χ1) is 13.9. The van der Waals surface area contributed by atoms with E-state index in [2.05, 4.69) is 102 Å². The van der Waals surface area contributed by atoms with E-state index in [0.29, 0.717) is 11.8 Å². The molecule has 0 radical (unpaired) electrons. The van der Waals surface area contributed by atoms with Gasteiger partial charge in [0.25, 0.3) is 0 Å². The molecule has 0 N–H and O–H groups in total. The van der Waals surface area contributed by atoms with Crippen LogP contribution in [0.25, 0.3) is 32.7 Å². The predicted octanol–water partition coefficient (Wildman–Crippen LogP) is 8.78. The maximum Gasteiger partial charge on any atom is -0.0143 e. The lowest BCUT2D eigenvalue weighted by Gasteiger charge is -2.17. The largest absolute Gasteiger partial charge is 0.0612 e. The summed E-state index contributed by atoms with van der Waals surface area (Å²) in [5.41, 5.74) is 8.40. The van der Waals surface area contributed by atoms with E-state index in [0.717, 1.165) is 6.42 Å². The second-order valence-corrected chi connectivity index (χ2v) is 8.95. The van der Waals surface area contributed by atoms with Gasteiger partial charge in [-0.15, -0.1) is 0 Å². The third kappa shape index (κ3) is 3.46. The van der Waals surface area contributed by atoms with Crippen molar-refractivity contribution in [3.8, 4) is 11.1 Å². The average molecular weight is 381 g/mol. The fourth-order valence-corrected chi connectivity index (χ4v) is 4.56. The summed E-state index contributed by atoms with van der Waals surface area (Å²) in [6.07, 6.45) is 1.04. The Bertz CT molecular complexity index is 1190. The van der Waals surface area contributed by atoms with Crippen molar-refractivity contribution < 1.29 is 0 Å². The lowest BCUT2D eigenvalue weighted by Crippen LogP contribution is -1.95. The Balaban J connectivity index is 1.91. The molecule has 0 aromatic heterocycles. The molecular formula is C29H32. The van der Waals surface area contributed by atoms with Gasteiger partial charge in [-0.2, -0.15) is 0 Å². The molecule has 4 rings (SSSR count). The molecule has 0 aliphatic carbocycles. The van der Waals surface area contributed by atoms with E-state index in [-0.39, 0.29) is 0 Å². The van der Waals surface area contributed by atoms with E-state index in [9.17, 15) is 0 Å². The monoisotopic (exact) mass is 380 g/mol. The smallest absolute Gasteiger partial charge is 0.0143 e. The molecule has 0 bridgehead atoms. The third-order valence-corrected chi connectivity index (χ3v) is 6.45. The maximum atomic E-state index is 2.36. The Morgan fingerprint density at radius 2 is 1.14 bits per heavy atom. The van der Waals surface area contributed by atoms with Crippen molar-refractivity contribution in [2.24, 2.45) is 0 Å². The van der Waals surface area contributed by atoms with Gasteiger partial charge >= 0.3 is 0 Å². The molecule has 0 saturated carbocycles. The first-order valence-corrected chi connectivity index (χ1v) is 11.0. The Morgan fingerprint density at radius 3 is 1.69 bits per heavy atom. The van der Waals surface area contributed by atoms with Crippen molar-refractivity contribution in [3.63, 3.8) is 0 Å². The van der Waals surface area contributed by atoms with Gasteiger partial charge in [-0.25, -0.2) is 0 Å². The summed E-state index contributed by atoms with van der Waals surface area (Å²) in [6, 6.07) is 23.2. The fraction of sp³-hybridized carbons (Fsp3) is 0.310. The molecule has 0 fully saturated rings. The highest BCUT2D eigenvalue weighted by Gasteiger charge is 2.13. The number of fused-ring (bicyclic) bond motifs is 2. The van der Waals surface area contributed by atoms with Crippen LogP contribution >= 0.6 is 0 Å². The highest BCUT2D eigenvalue weighted by molar-refractivity contribution is 5.97. The summed E-state index contributed by atoms with van der Waals surface area (Å²) in [5, 5.41) is 5.46. The number of hydrogen-bond donors (Lipinski definition) is 0. The minimum absolute atomic E-state index is 0.558. The van der Waals surface area contributed by atoms with Crippen LogP contribution in [0.4, 0.5) is 0 Å². The number of hydrogen-bond acceptors (Lipinski definition) is 0. The van der Waals surface area contributed by atoms with Gasteiger partial charge in [-0.05, 0) is 80.1 Å². The summed E-state index contributed by atoms with van der Waals surface area (Å²) in [6.45, 7) is 13.6. The van der Waals surface area contributed by atoms with Crippen LogP contribution in [0, 0.1) is 6.92 Å². The Morgan fingerprint density at radius 1 is 0.621 bits per heavy atom. The van der Waals surface area contributed by atoms with Crippen molar-refractivity contribution in [1.82, 2.24) is 0 Å². The van der Waals surface area contributed by atoms with Crippen molar-refractivity contribution in [3.05, 3.63) is 82.9 Å². The first-order valence-electron chi connectivity index (χ1n) is 11.0. The van der Waals surface area contributed by atoms with Gasteiger partial charge < -0.3 is 0 Å². The molecule has 0 saturated heterocycles. The molecule has 0 atom stereocenters. The third-order valence-electron chi connectivity index (χ3n) is 6.45. The van der Waals surface area contributed by atoms with E-state index < -0.39 is 0 Å². The first kappa shape index (κ1) is 19.7. The van der Waals surface area contributed by atoms with Crippen LogP contribution in [0.15, 0.2) is 60.7 Å². The molecule has 4 aromatic carbocycles. The van der Waals surface area contributed by atoms with Gasteiger partial charge in [0, 0.05) is 0 Å². The molecule has 0 unspecified atom stereocenters. The highest BCUT2D eigenvalue weighted by atomic mass is 14.2. The summed E-state index contributed by atoms with van der Waals surface area (Å²) in [4.78, 5) is 0. The number of benzene rings is 4. The van der Waals surface area contributed by atoms with Crippen LogP contribution in [-0.2, 0) is 6.42 Å². The standard InChI is InChI=1S/C29H32/c1-7-25-28-14-9-22(19(4)5)17-24(28)11-15-29(25)27-13-10-23-16-21(18(2)3)8-12-26(23)20(27)6/h8-19H,7H2,1-6H3. The van der Waals surface area contributed by atoms with Crippen molar-refractivity contribution in [2.75, 3.05) is 0 Å². The molecular weight excluding hydrogens is 348 g/mol. The zero-order chi connectivity index (χ0) is 20.7. The summed E-state index contributed by atoms with van der Waals surface area (Å²) in [5.74, 6) is 1.12. The number of rotatable bonds is 4. The van der Waals surface area contributed by atoms with Gasteiger partial charge in [0.15, 0.2) is 0 Å². The zero-order valence-corrected chi connectivity index (χ0v) is 18.6. The second kappa shape index (κ2) is 7.67. The summed E-state index contributed by atoms with van der Waals surface area (Å²) >= 11 is 0. The second-order valence-electron chi connectivity index (χ2n) is 8.95. The Hall–Kier alpha value is -2.60. The van der Waals surface area contributed by atoms with Crippen LogP contribution in [-0.4, -0.2) is 0 Å². The van der Waals surface area contributed by atoms with Crippen LogP contribution < -0.4 is 0 Å². The minimum atomic E-state index is 0.558. The molecule has 0 aliphatic heterocycles. The number of aryl methyl sites for hydroxylation is 2. The van der Waals surface area contributed by atoms with E-state index in [1.807, 2.05) is 0 Å². The lowest BCUT2D eigenvalue weighted by molar-refractivity contribution is 0.868. The van der Waals surface area contributed by atoms with Gasteiger partial charge in [0.1, 0.15) is 0 Å². The van der Waals surface area contributed by atoms with Gasteiger partial charge in [-0.3, -0.25) is 0 Å².